The third-order valence-corrected chi connectivity index (χ3v) is 7.30. The van der Waals surface area contributed by atoms with Crippen LogP contribution in [0.15, 0.2) is 23.1 Å². The summed E-state index contributed by atoms with van der Waals surface area (Å²) in [5.74, 6) is -1.24. The topological polar surface area (TPSA) is 102 Å². The predicted octanol–water partition coefficient (Wildman–Crippen LogP) is 2.92. The van der Waals surface area contributed by atoms with Gasteiger partial charge in [0, 0.05) is 6.42 Å². The second-order valence-electron chi connectivity index (χ2n) is 6.56. The summed E-state index contributed by atoms with van der Waals surface area (Å²) in [6.07, 6.45) is 2.74. The van der Waals surface area contributed by atoms with Crippen molar-refractivity contribution in [3.8, 4) is 0 Å². The van der Waals surface area contributed by atoms with Gasteiger partial charge in [0.1, 0.15) is 4.88 Å². The molecule has 1 aromatic heterocycles. The highest BCUT2D eigenvalue weighted by atomic mass is 32.2. The number of esters is 1. The Morgan fingerprint density at radius 2 is 2.00 bits per heavy atom. The van der Waals surface area contributed by atoms with Gasteiger partial charge in [-0.25, -0.2) is 18.2 Å². The van der Waals surface area contributed by atoms with E-state index >= 15 is 0 Å². The average molecular weight is 423 g/mol. The number of aryl methyl sites for hydroxylation is 3. The SMILES string of the molecule is CCOC(=O)c1sc(NC(=O)CCS(=O)(=O)c2ccc3c(c2)CCC3)nc1C. The van der Waals surface area contributed by atoms with Crippen LogP contribution in [0.4, 0.5) is 5.13 Å². The largest absolute Gasteiger partial charge is 0.462 e. The van der Waals surface area contributed by atoms with Crippen LogP contribution in [-0.4, -0.2) is 37.6 Å². The zero-order valence-electron chi connectivity index (χ0n) is 15.8. The quantitative estimate of drug-likeness (QED) is 0.688. The van der Waals surface area contributed by atoms with Crippen molar-refractivity contribution in [1.29, 1.82) is 0 Å². The lowest BCUT2D eigenvalue weighted by atomic mass is 10.1. The fourth-order valence-electron chi connectivity index (χ4n) is 3.10. The van der Waals surface area contributed by atoms with Gasteiger partial charge in [-0.3, -0.25) is 4.79 Å². The molecule has 0 unspecified atom stereocenters. The van der Waals surface area contributed by atoms with E-state index in [4.69, 9.17) is 4.74 Å². The third-order valence-electron chi connectivity index (χ3n) is 4.53. The Morgan fingerprint density at radius 3 is 2.75 bits per heavy atom. The molecule has 0 spiro atoms. The number of hydrogen-bond acceptors (Lipinski definition) is 7. The Morgan fingerprint density at radius 1 is 1.25 bits per heavy atom. The molecule has 7 nitrogen and oxygen atoms in total. The van der Waals surface area contributed by atoms with Gasteiger partial charge < -0.3 is 10.1 Å². The van der Waals surface area contributed by atoms with Crippen molar-refractivity contribution < 1.29 is 22.7 Å². The van der Waals surface area contributed by atoms with Crippen molar-refractivity contribution in [2.75, 3.05) is 17.7 Å². The molecule has 150 valence electrons. The van der Waals surface area contributed by atoms with Gasteiger partial charge >= 0.3 is 5.97 Å². The van der Waals surface area contributed by atoms with Crippen LogP contribution >= 0.6 is 11.3 Å². The molecular formula is C19H22N2O5S2. The minimum Gasteiger partial charge on any atom is -0.462 e. The van der Waals surface area contributed by atoms with Crippen molar-refractivity contribution in [2.45, 2.75) is 44.4 Å². The lowest BCUT2D eigenvalue weighted by Gasteiger charge is -2.07. The number of amides is 1. The molecule has 1 aliphatic rings. The van der Waals surface area contributed by atoms with Crippen LogP contribution in [0, 0.1) is 6.92 Å². The molecule has 0 atom stereocenters. The van der Waals surface area contributed by atoms with E-state index in [9.17, 15) is 18.0 Å². The van der Waals surface area contributed by atoms with Crippen LogP contribution < -0.4 is 5.32 Å². The smallest absolute Gasteiger partial charge is 0.350 e. The molecule has 3 rings (SSSR count). The van der Waals surface area contributed by atoms with Gasteiger partial charge in [0.05, 0.1) is 22.9 Å². The number of sulfone groups is 1. The van der Waals surface area contributed by atoms with Crippen molar-refractivity contribution in [2.24, 2.45) is 0 Å². The van der Waals surface area contributed by atoms with Crippen molar-refractivity contribution in [3.63, 3.8) is 0 Å². The normalized spacial score (nSPS) is 13.2. The van der Waals surface area contributed by atoms with Gasteiger partial charge in [-0.05, 0) is 56.4 Å². The summed E-state index contributed by atoms with van der Waals surface area (Å²) in [6, 6.07) is 5.21. The summed E-state index contributed by atoms with van der Waals surface area (Å²) < 4.78 is 30.0. The van der Waals surface area contributed by atoms with Gasteiger partial charge in [0.15, 0.2) is 15.0 Å². The number of hydrogen-bond donors (Lipinski definition) is 1. The summed E-state index contributed by atoms with van der Waals surface area (Å²) in [5, 5.41) is 2.81. The Labute approximate surface area is 168 Å². The highest BCUT2D eigenvalue weighted by Gasteiger charge is 2.21. The number of carbonyl (C=O) groups is 2. The number of nitrogens with one attached hydrogen (secondary N) is 1. The predicted molar refractivity (Wildman–Crippen MR) is 107 cm³/mol. The van der Waals surface area contributed by atoms with Crippen LogP contribution in [0.3, 0.4) is 0 Å². The first-order valence-electron chi connectivity index (χ1n) is 9.09. The molecule has 0 saturated heterocycles. The molecule has 1 heterocycles. The summed E-state index contributed by atoms with van der Waals surface area (Å²) >= 11 is 1.01. The maximum Gasteiger partial charge on any atom is 0.350 e. The summed E-state index contributed by atoms with van der Waals surface area (Å²) in [4.78, 5) is 28.7. The van der Waals surface area contributed by atoms with Crippen LogP contribution in [0.5, 0.6) is 0 Å². The van der Waals surface area contributed by atoms with Gasteiger partial charge in [-0.2, -0.15) is 0 Å². The lowest BCUT2D eigenvalue weighted by molar-refractivity contribution is -0.115. The van der Waals surface area contributed by atoms with Gasteiger partial charge in [0.25, 0.3) is 0 Å². The second-order valence-corrected chi connectivity index (χ2v) is 9.66. The summed E-state index contributed by atoms with van der Waals surface area (Å²) in [5.41, 5.74) is 2.74. The fourth-order valence-corrected chi connectivity index (χ4v) is 5.27. The minimum absolute atomic E-state index is 0.188. The van der Waals surface area contributed by atoms with E-state index in [2.05, 4.69) is 10.3 Å². The standard InChI is InChI=1S/C19H22N2O5S2/c1-3-26-18(23)17-12(2)20-19(27-17)21-16(22)9-10-28(24,25)15-8-7-13-5-4-6-14(13)11-15/h7-8,11H,3-6,9-10H2,1-2H3,(H,20,21,22). The highest BCUT2D eigenvalue weighted by Crippen LogP contribution is 2.26. The Balaban J connectivity index is 1.61. The first-order valence-corrected chi connectivity index (χ1v) is 11.6. The average Bonchev–Trinajstić information content (AvgIpc) is 3.26. The van der Waals surface area contributed by atoms with Gasteiger partial charge in [-0.15, -0.1) is 0 Å². The van der Waals surface area contributed by atoms with Crippen molar-refractivity contribution in [3.05, 3.63) is 39.9 Å². The molecule has 28 heavy (non-hydrogen) atoms. The molecule has 1 aliphatic carbocycles. The zero-order chi connectivity index (χ0) is 20.3. The minimum atomic E-state index is -3.54. The maximum atomic E-state index is 12.6. The Hall–Kier alpha value is -2.26. The van der Waals surface area contributed by atoms with Crippen molar-refractivity contribution >= 4 is 38.2 Å². The van der Waals surface area contributed by atoms with Crippen LogP contribution in [0.25, 0.3) is 0 Å². The van der Waals surface area contributed by atoms with E-state index in [1.54, 1.807) is 26.0 Å². The molecule has 1 N–H and O–H groups in total. The molecule has 1 aromatic carbocycles. The van der Waals surface area contributed by atoms with E-state index in [1.807, 2.05) is 6.07 Å². The number of benzene rings is 1. The molecule has 0 aliphatic heterocycles. The molecule has 9 heteroatoms. The second kappa shape index (κ2) is 8.40. The van der Waals surface area contributed by atoms with Crippen LogP contribution in [-0.2, 0) is 32.2 Å². The fraction of sp³-hybridized carbons (Fsp3) is 0.421. The van der Waals surface area contributed by atoms with Crippen LogP contribution in [0.2, 0.25) is 0 Å². The van der Waals surface area contributed by atoms with E-state index in [0.29, 0.717) is 10.6 Å². The number of nitrogens with zero attached hydrogens (tertiary/aromatic N) is 1. The first kappa shape index (κ1) is 20.5. The van der Waals surface area contributed by atoms with Gasteiger partial charge in [0.2, 0.25) is 5.91 Å². The van der Waals surface area contributed by atoms with E-state index in [-0.39, 0.29) is 28.8 Å². The number of ether oxygens (including phenoxy) is 1. The molecule has 1 amide bonds. The van der Waals surface area contributed by atoms with E-state index in [1.165, 1.54) is 5.56 Å². The molecular weight excluding hydrogens is 400 g/mol. The third kappa shape index (κ3) is 4.59. The highest BCUT2D eigenvalue weighted by molar-refractivity contribution is 7.91. The summed E-state index contributed by atoms with van der Waals surface area (Å²) in [6.45, 7) is 3.60. The Bertz CT molecular complexity index is 1010. The molecule has 0 radical (unpaired) electrons. The zero-order valence-corrected chi connectivity index (χ0v) is 17.4. The number of fused-ring (bicyclic) bond motifs is 1. The molecule has 0 saturated carbocycles. The number of aromatic nitrogens is 1. The van der Waals surface area contributed by atoms with Crippen LogP contribution in [0.1, 0.15) is 46.3 Å². The first-order chi connectivity index (χ1) is 13.3. The number of rotatable bonds is 7. The number of anilines is 1. The lowest BCUT2D eigenvalue weighted by Crippen LogP contribution is -2.17. The van der Waals surface area contributed by atoms with E-state index < -0.39 is 21.7 Å². The summed E-state index contributed by atoms with van der Waals surface area (Å²) in [7, 11) is -3.54. The number of thiazole rings is 1. The number of carbonyl (C=O) groups excluding carboxylic acids is 2. The monoisotopic (exact) mass is 422 g/mol. The molecule has 0 fully saturated rings. The Kier molecular flexibility index (Phi) is 6.14. The molecule has 0 bridgehead atoms. The maximum absolute atomic E-state index is 12.6. The van der Waals surface area contributed by atoms with Gasteiger partial charge in [-0.1, -0.05) is 17.4 Å². The van der Waals surface area contributed by atoms with Crippen molar-refractivity contribution in [1.82, 2.24) is 4.98 Å². The molecule has 2 aromatic rings. The van der Waals surface area contributed by atoms with E-state index in [0.717, 1.165) is 36.2 Å².